The first-order valence-corrected chi connectivity index (χ1v) is 4.99. The van der Waals surface area contributed by atoms with Crippen molar-refractivity contribution in [1.82, 2.24) is 0 Å². The lowest BCUT2D eigenvalue weighted by Gasteiger charge is -2.13. The zero-order chi connectivity index (χ0) is 12.3. The van der Waals surface area contributed by atoms with Gasteiger partial charge in [-0.2, -0.15) is 13.2 Å². The van der Waals surface area contributed by atoms with Crippen LogP contribution in [0, 0.1) is 0 Å². The summed E-state index contributed by atoms with van der Waals surface area (Å²) in [6, 6.07) is 4.46. The van der Waals surface area contributed by atoms with Crippen molar-refractivity contribution in [1.29, 1.82) is 0 Å². The van der Waals surface area contributed by atoms with Gasteiger partial charge in [0.2, 0.25) is 0 Å². The van der Waals surface area contributed by atoms with Gasteiger partial charge < -0.3 is 11.1 Å². The Morgan fingerprint density at radius 3 is 2.56 bits per heavy atom. The molecule has 1 rings (SSSR count). The highest BCUT2D eigenvalue weighted by atomic mass is 35.5. The van der Waals surface area contributed by atoms with Gasteiger partial charge in [0.25, 0.3) is 0 Å². The molecule has 1 aromatic rings. The molecule has 0 aliphatic rings. The fourth-order valence-corrected chi connectivity index (χ4v) is 1.67. The fourth-order valence-electron chi connectivity index (χ4n) is 1.12. The number of nitrogens with one attached hydrogen (secondary N) is 1. The Morgan fingerprint density at radius 2 is 2.06 bits per heavy atom. The van der Waals surface area contributed by atoms with Crippen molar-refractivity contribution in [2.45, 2.75) is 6.18 Å². The molecule has 0 heterocycles. The van der Waals surface area contributed by atoms with Gasteiger partial charge in [0.05, 0.1) is 10.6 Å². The monoisotopic (exact) mass is 268 g/mol. The van der Waals surface area contributed by atoms with E-state index in [1.54, 1.807) is 0 Å². The van der Waals surface area contributed by atoms with Crippen LogP contribution >= 0.6 is 23.8 Å². The number of thiocarbonyl (C=S) groups is 1. The van der Waals surface area contributed by atoms with E-state index in [1.165, 1.54) is 18.2 Å². The maximum atomic E-state index is 12.0. The van der Waals surface area contributed by atoms with E-state index in [-0.39, 0.29) is 21.3 Å². The Hall–Kier alpha value is -1.01. The highest BCUT2D eigenvalue weighted by molar-refractivity contribution is 7.80. The van der Waals surface area contributed by atoms with Crippen LogP contribution < -0.4 is 11.1 Å². The normalized spacial score (nSPS) is 11.2. The highest BCUT2D eigenvalue weighted by Gasteiger charge is 2.27. The first-order chi connectivity index (χ1) is 7.31. The van der Waals surface area contributed by atoms with Crippen molar-refractivity contribution >= 4 is 34.5 Å². The Labute approximate surface area is 101 Å². The van der Waals surface area contributed by atoms with Crippen molar-refractivity contribution in [2.75, 3.05) is 11.9 Å². The predicted molar refractivity (Wildman–Crippen MR) is 61.9 cm³/mol. The largest absolute Gasteiger partial charge is 0.405 e. The minimum absolute atomic E-state index is 0.0460. The summed E-state index contributed by atoms with van der Waals surface area (Å²) in [5.74, 6) is 0. The zero-order valence-corrected chi connectivity index (χ0v) is 9.51. The molecule has 16 heavy (non-hydrogen) atoms. The predicted octanol–water partition coefficient (Wildman–Crippen LogP) is 2.95. The maximum absolute atomic E-state index is 12.0. The lowest BCUT2D eigenvalue weighted by atomic mass is 10.1. The van der Waals surface area contributed by atoms with E-state index < -0.39 is 12.7 Å². The third kappa shape index (κ3) is 3.53. The van der Waals surface area contributed by atoms with Gasteiger partial charge in [-0.15, -0.1) is 0 Å². The SMILES string of the molecule is NC(=S)c1c(Cl)cccc1NCC(F)(F)F. The summed E-state index contributed by atoms with van der Waals surface area (Å²) in [7, 11) is 0. The molecule has 0 spiro atoms. The summed E-state index contributed by atoms with van der Waals surface area (Å²) in [5.41, 5.74) is 5.78. The topological polar surface area (TPSA) is 38.0 Å². The van der Waals surface area contributed by atoms with Gasteiger partial charge in [-0.3, -0.25) is 0 Å². The van der Waals surface area contributed by atoms with Gasteiger partial charge >= 0.3 is 6.18 Å². The minimum atomic E-state index is -4.31. The molecule has 0 aliphatic carbocycles. The van der Waals surface area contributed by atoms with Gasteiger partial charge in [0.1, 0.15) is 11.5 Å². The maximum Gasteiger partial charge on any atom is 0.405 e. The van der Waals surface area contributed by atoms with E-state index in [4.69, 9.17) is 29.6 Å². The number of rotatable bonds is 3. The molecule has 0 fully saturated rings. The first kappa shape index (κ1) is 13.1. The van der Waals surface area contributed by atoms with Crippen LogP contribution in [0.3, 0.4) is 0 Å². The van der Waals surface area contributed by atoms with Crippen molar-refractivity contribution in [3.63, 3.8) is 0 Å². The van der Waals surface area contributed by atoms with Crippen LogP contribution in [0.15, 0.2) is 18.2 Å². The Morgan fingerprint density at radius 1 is 1.44 bits per heavy atom. The number of alkyl halides is 3. The number of anilines is 1. The van der Waals surface area contributed by atoms with Crippen molar-refractivity contribution in [3.8, 4) is 0 Å². The van der Waals surface area contributed by atoms with Crippen molar-refractivity contribution in [3.05, 3.63) is 28.8 Å². The number of benzene rings is 1. The Bertz CT molecular complexity index is 406. The van der Waals surface area contributed by atoms with E-state index in [0.717, 1.165) is 0 Å². The second-order valence-electron chi connectivity index (χ2n) is 3.00. The number of halogens is 4. The van der Waals surface area contributed by atoms with Crippen LogP contribution in [0.25, 0.3) is 0 Å². The molecular weight excluding hydrogens is 261 g/mol. The summed E-state index contributed by atoms with van der Waals surface area (Å²) in [6.45, 7) is -1.16. The first-order valence-electron chi connectivity index (χ1n) is 4.20. The standard InChI is InChI=1S/C9H8ClF3N2S/c10-5-2-1-3-6(7(5)8(14)16)15-4-9(11,12)13/h1-3,15H,4H2,(H2,14,16). The van der Waals surface area contributed by atoms with Crippen LogP contribution in [0.5, 0.6) is 0 Å². The number of nitrogens with two attached hydrogens (primary N) is 1. The van der Waals surface area contributed by atoms with Gasteiger partial charge in [-0.1, -0.05) is 29.9 Å². The third-order valence-corrected chi connectivity index (χ3v) is 2.26. The van der Waals surface area contributed by atoms with Crippen LogP contribution in [0.1, 0.15) is 5.56 Å². The molecular formula is C9H8ClF3N2S. The molecule has 0 radical (unpaired) electrons. The zero-order valence-electron chi connectivity index (χ0n) is 7.94. The summed E-state index contributed by atoms with van der Waals surface area (Å²) in [4.78, 5) is -0.0460. The molecule has 7 heteroatoms. The quantitative estimate of drug-likeness (QED) is 0.828. The summed E-state index contributed by atoms with van der Waals surface area (Å²) < 4.78 is 36.0. The van der Waals surface area contributed by atoms with E-state index in [1.807, 2.05) is 0 Å². The summed E-state index contributed by atoms with van der Waals surface area (Å²) in [6.07, 6.45) is -4.31. The van der Waals surface area contributed by atoms with Gasteiger partial charge in [0, 0.05) is 5.69 Å². The van der Waals surface area contributed by atoms with Gasteiger partial charge in [-0.05, 0) is 12.1 Å². The summed E-state index contributed by atoms with van der Waals surface area (Å²) in [5, 5.41) is 2.42. The molecule has 0 bridgehead atoms. The Balaban J connectivity index is 2.96. The van der Waals surface area contributed by atoms with Crippen LogP contribution in [-0.4, -0.2) is 17.7 Å². The highest BCUT2D eigenvalue weighted by Crippen LogP contribution is 2.25. The molecule has 0 unspecified atom stereocenters. The molecule has 3 N–H and O–H groups in total. The molecule has 0 atom stereocenters. The Kier molecular flexibility index (Phi) is 3.98. The van der Waals surface area contributed by atoms with E-state index >= 15 is 0 Å². The van der Waals surface area contributed by atoms with Crippen LogP contribution in [0.4, 0.5) is 18.9 Å². The summed E-state index contributed by atoms with van der Waals surface area (Å²) >= 11 is 10.5. The fraction of sp³-hybridized carbons (Fsp3) is 0.222. The molecule has 1 aromatic carbocycles. The molecule has 88 valence electrons. The average Bonchev–Trinajstić information content (AvgIpc) is 2.12. The van der Waals surface area contributed by atoms with E-state index in [9.17, 15) is 13.2 Å². The smallest absolute Gasteiger partial charge is 0.389 e. The molecule has 0 saturated carbocycles. The number of hydrogen-bond donors (Lipinski definition) is 2. The molecule has 0 amide bonds. The minimum Gasteiger partial charge on any atom is -0.389 e. The number of hydrogen-bond acceptors (Lipinski definition) is 2. The molecule has 0 aromatic heterocycles. The van der Waals surface area contributed by atoms with E-state index in [0.29, 0.717) is 0 Å². The van der Waals surface area contributed by atoms with Crippen molar-refractivity contribution < 1.29 is 13.2 Å². The van der Waals surface area contributed by atoms with Crippen molar-refractivity contribution in [2.24, 2.45) is 5.73 Å². The third-order valence-electron chi connectivity index (χ3n) is 1.74. The lowest BCUT2D eigenvalue weighted by Crippen LogP contribution is -2.23. The average molecular weight is 269 g/mol. The second kappa shape index (κ2) is 4.88. The van der Waals surface area contributed by atoms with Crippen LogP contribution in [-0.2, 0) is 0 Å². The molecule has 0 saturated heterocycles. The van der Waals surface area contributed by atoms with E-state index in [2.05, 4.69) is 5.32 Å². The lowest BCUT2D eigenvalue weighted by molar-refractivity contribution is -0.115. The molecule has 2 nitrogen and oxygen atoms in total. The van der Waals surface area contributed by atoms with Gasteiger partial charge in [-0.25, -0.2) is 0 Å². The molecule has 0 aliphatic heterocycles. The second-order valence-corrected chi connectivity index (χ2v) is 3.84. The van der Waals surface area contributed by atoms with Gasteiger partial charge in [0.15, 0.2) is 0 Å². The van der Waals surface area contributed by atoms with Crippen LogP contribution in [0.2, 0.25) is 5.02 Å².